The Labute approximate surface area is 104 Å². The summed E-state index contributed by atoms with van der Waals surface area (Å²) in [5.74, 6) is -0.458. The van der Waals surface area contributed by atoms with Crippen LogP contribution >= 0.6 is 11.6 Å². The number of esters is 1. The third-order valence-electron chi connectivity index (χ3n) is 4.00. The summed E-state index contributed by atoms with van der Waals surface area (Å²) < 4.78 is 5.32. The van der Waals surface area contributed by atoms with Gasteiger partial charge in [-0.05, 0) is 43.9 Å². The van der Waals surface area contributed by atoms with Gasteiger partial charge in [0.25, 0.3) is 0 Å². The number of rotatable bonds is 0. The second kappa shape index (κ2) is 3.16. The van der Waals surface area contributed by atoms with Crippen molar-refractivity contribution in [2.24, 2.45) is 0 Å². The number of fused-ring (bicyclic) bond motifs is 2. The zero-order valence-electron chi connectivity index (χ0n) is 9.71. The molecule has 1 aromatic rings. The van der Waals surface area contributed by atoms with E-state index in [0.717, 1.165) is 18.4 Å². The van der Waals surface area contributed by atoms with Crippen LogP contribution in [-0.2, 0) is 10.2 Å². The lowest BCUT2D eigenvalue weighted by Crippen LogP contribution is -2.36. The van der Waals surface area contributed by atoms with E-state index in [-0.39, 0.29) is 22.8 Å². The number of hydrogen-bond acceptors (Lipinski definition) is 3. The summed E-state index contributed by atoms with van der Waals surface area (Å²) in [4.78, 5) is 11.9. The number of hydrogen-bond donors (Lipinski definition) is 1. The normalized spacial score (nSPS) is 24.4. The molecule has 17 heavy (non-hydrogen) atoms. The van der Waals surface area contributed by atoms with Crippen LogP contribution in [0, 0.1) is 6.92 Å². The molecule has 3 nitrogen and oxygen atoms in total. The van der Waals surface area contributed by atoms with Crippen LogP contribution in [0.1, 0.15) is 41.3 Å². The summed E-state index contributed by atoms with van der Waals surface area (Å²) in [6.45, 7) is 3.62. The van der Waals surface area contributed by atoms with Gasteiger partial charge in [-0.15, -0.1) is 0 Å². The van der Waals surface area contributed by atoms with E-state index in [1.807, 2.05) is 6.92 Å². The topological polar surface area (TPSA) is 46.5 Å². The van der Waals surface area contributed by atoms with E-state index in [1.54, 1.807) is 13.0 Å². The maximum absolute atomic E-state index is 11.9. The van der Waals surface area contributed by atoms with Crippen LogP contribution in [0.2, 0.25) is 5.02 Å². The van der Waals surface area contributed by atoms with Crippen molar-refractivity contribution in [2.45, 2.75) is 38.2 Å². The van der Waals surface area contributed by atoms with Gasteiger partial charge >= 0.3 is 5.97 Å². The lowest BCUT2D eigenvalue weighted by atomic mass is 9.83. The molecule has 1 heterocycles. The van der Waals surface area contributed by atoms with Gasteiger partial charge < -0.3 is 9.84 Å². The van der Waals surface area contributed by atoms with Crippen molar-refractivity contribution in [1.29, 1.82) is 0 Å². The maximum Gasteiger partial charge on any atom is 0.342 e. The van der Waals surface area contributed by atoms with Crippen LogP contribution in [-0.4, -0.2) is 17.2 Å². The Balaban J connectivity index is 2.34. The molecule has 2 aliphatic rings. The summed E-state index contributed by atoms with van der Waals surface area (Å²) in [7, 11) is 0. The standard InChI is InChI=1S/C13H13ClO3/c1-6-5-8(14)10-9(11(6)15)12(16)17-7(2)13(10)3-4-13/h5,7,15H,3-4H2,1-2H3/t7-/m1/s1. The third kappa shape index (κ3) is 1.26. The van der Waals surface area contributed by atoms with Gasteiger partial charge in [-0.3, -0.25) is 0 Å². The number of benzene rings is 1. The van der Waals surface area contributed by atoms with Crippen molar-refractivity contribution in [3.63, 3.8) is 0 Å². The molecule has 1 aromatic carbocycles. The molecule has 0 bridgehead atoms. The van der Waals surface area contributed by atoms with Crippen molar-refractivity contribution in [3.05, 3.63) is 27.8 Å². The van der Waals surface area contributed by atoms with Gasteiger partial charge in [0.15, 0.2) is 0 Å². The Bertz CT molecular complexity index is 532. The highest BCUT2D eigenvalue weighted by molar-refractivity contribution is 6.32. The molecule has 1 spiro atoms. The van der Waals surface area contributed by atoms with Crippen LogP contribution in [0.5, 0.6) is 5.75 Å². The maximum atomic E-state index is 11.9. The number of halogens is 1. The molecule has 0 unspecified atom stereocenters. The van der Waals surface area contributed by atoms with Gasteiger partial charge in [0.1, 0.15) is 17.4 Å². The Kier molecular flexibility index (Phi) is 2.03. The summed E-state index contributed by atoms with van der Waals surface area (Å²) in [6, 6.07) is 1.72. The number of aryl methyl sites for hydroxylation is 1. The van der Waals surface area contributed by atoms with Crippen LogP contribution in [0.25, 0.3) is 0 Å². The number of phenols is 1. The van der Waals surface area contributed by atoms with E-state index in [0.29, 0.717) is 10.6 Å². The summed E-state index contributed by atoms with van der Waals surface area (Å²) in [6.07, 6.45) is 1.75. The van der Waals surface area contributed by atoms with E-state index in [1.165, 1.54) is 0 Å². The molecule has 0 saturated heterocycles. The summed E-state index contributed by atoms with van der Waals surface area (Å²) in [5.41, 5.74) is 1.50. The minimum atomic E-state index is -0.465. The van der Waals surface area contributed by atoms with Gasteiger partial charge in [-0.25, -0.2) is 4.79 Å². The van der Waals surface area contributed by atoms with Crippen LogP contribution < -0.4 is 0 Å². The lowest BCUT2D eigenvalue weighted by molar-refractivity contribution is 0.0186. The first-order chi connectivity index (χ1) is 7.97. The lowest BCUT2D eigenvalue weighted by Gasteiger charge is -2.32. The Morgan fingerprint density at radius 3 is 2.76 bits per heavy atom. The molecule has 3 rings (SSSR count). The fourth-order valence-electron chi connectivity index (χ4n) is 2.78. The first-order valence-electron chi connectivity index (χ1n) is 5.71. The van der Waals surface area contributed by atoms with E-state index in [2.05, 4.69) is 0 Å². The average Bonchev–Trinajstić information content (AvgIpc) is 3.02. The minimum absolute atomic E-state index is 0.00701. The van der Waals surface area contributed by atoms with Gasteiger partial charge in [0, 0.05) is 10.4 Å². The number of carbonyl (C=O) groups is 1. The molecule has 0 amide bonds. The summed E-state index contributed by atoms with van der Waals surface area (Å²) >= 11 is 6.26. The molecule has 90 valence electrons. The molecule has 1 saturated carbocycles. The van der Waals surface area contributed by atoms with Crippen molar-refractivity contribution in [3.8, 4) is 5.75 Å². The quantitative estimate of drug-likeness (QED) is 0.722. The molecule has 1 fully saturated rings. The predicted molar refractivity (Wildman–Crippen MR) is 63.6 cm³/mol. The monoisotopic (exact) mass is 252 g/mol. The Morgan fingerprint density at radius 2 is 2.18 bits per heavy atom. The molecule has 1 aliphatic heterocycles. The van der Waals surface area contributed by atoms with Crippen LogP contribution in [0.3, 0.4) is 0 Å². The zero-order chi connectivity index (χ0) is 12.4. The average molecular weight is 253 g/mol. The van der Waals surface area contributed by atoms with E-state index in [4.69, 9.17) is 16.3 Å². The second-order valence-electron chi connectivity index (χ2n) is 4.98. The Hall–Kier alpha value is -1.22. The Morgan fingerprint density at radius 1 is 1.53 bits per heavy atom. The predicted octanol–water partition coefficient (Wildman–Crippen LogP) is 2.94. The van der Waals surface area contributed by atoms with E-state index < -0.39 is 5.97 Å². The van der Waals surface area contributed by atoms with Gasteiger partial charge in [0.05, 0.1) is 0 Å². The van der Waals surface area contributed by atoms with Crippen molar-refractivity contribution >= 4 is 17.6 Å². The number of cyclic esters (lactones) is 1. The molecule has 1 atom stereocenters. The molecule has 0 aromatic heterocycles. The van der Waals surface area contributed by atoms with Crippen molar-refractivity contribution < 1.29 is 14.6 Å². The minimum Gasteiger partial charge on any atom is -0.507 e. The SMILES string of the molecule is Cc1cc(Cl)c2c(c1O)C(=O)O[C@H](C)C21CC1. The van der Waals surface area contributed by atoms with Crippen molar-refractivity contribution in [2.75, 3.05) is 0 Å². The van der Waals surface area contributed by atoms with Gasteiger partial charge in [-0.2, -0.15) is 0 Å². The molecule has 1 N–H and O–H groups in total. The number of phenolic OH excluding ortho intramolecular Hbond substituents is 1. The molecular formula is C13H13ClO3. The molecule has 4 heteroatoms. The van der Waals surface area contributed by atoms with Crippen LogP contribution in [0.4, 0.5) is 0 Å². The highest BCUT2D eigenvalue weighted by Gasteiger charge is 2.57. The fraction of sp³-hybridized carbons (Fsp3) is 0.462. The number of aromatic hydroxyl groups is 1. The van der Waals surface area contributed by atoms with Crippen molar-refractivity contribution in [1.82, 2.24) is 0 Å². The van der Waals surface area contributed by atoms with Gasteiger partial charge in [0.2, 0.25) is 0 Å². The van der Waals surface area contributed by atoms with E-state index in [9.17, 15) is 9.90 Å². The molecular weight excluding hydrogens is 240 g/mol. The zero-order valence-corrected chi connectivity index (χ0v) is 10.5. The fourth-order valence-corrected chi connectivity index (χ4v) is 3.22. The molecule has 1 aliphatic carbocycles. The highest BCUT2D eigenvalue weighted by atomic mass is 35.5. The first kappa shape index (κ1) is 10.9. The summed E-state index contributed by atoms with van der Waals surface area (Å²) in [5, 5.41) is 10.6. The van der Waals surface area contributed by atoms with Gasteiger partial charge in [-0.1, -0.05) is 11.6 Å². The van der Waals surface area contributed by atoms with E-state index >= 15 is 0 Å². The second-order valence-corrected chi connectivity index (χ2v) is 5.38. The molecule has 0 radical (unpaired) electrons. The smallest absolute Gasteiger partial charge is 0.342 e. The first-order valence-corrected chi connectivity index (χ1v) is 6.08. The number of carbonyl (C=O) groups excluding carboxylic acids is 1. The largest absolute Gasteiger partial charge is 0.507 e. The van der Waals surface area contributed by atoms with Crippen LogP contribution in [0.15, 0.2) is 6.07 Å². The highest BCUT2D eigenvalue weighted by Crippen LogP contribution is 2.58. The third-order valence-corrected chi connectivity index (χ3v) is 4.29. The number of ether oxygens (including phenoxy) is 1.